The second kappa shape index (κ2) is 19.4. The van der Waals surface area contributed by atoms with Crippen LogP contribution in [0.2, 0.25) is 0 Å². The van der Waals surface area contributed by atoms with Crippen LogP contribution in [0.15, 0.2) is 0 Å². The molecule has 50 heavy (non-hydrogen) atoms. The van der Waals surface area contributed by atoms with E-state index in [1.165, 1.54) is 31.1 Å². The fourth-order valence-corrected chi connectivity index (χ4v) is 7.45. The maximum absolute atomic E-state index is 14.1. The van der Waals surface area contributed by atoms with E-state index in [-0.39, 0.29) is 18.2 Å². The van der Waals surface area contributed by atoms with Crippen LogP contribution in [-0.4, -0.2) is 106 Å². The molecule has 2 heterocycles. The SMILES string of the molecule is CCCNC(=O)[C@@H](NC(=O)[C@@H]1CCCN1C(=O)[C@H](CC)NC(=O)[C@@H]1CCCCN1C(=O)[C@@H](NC(=O)CCC1CCCCC1)C(C)(C)C)[C@@H](C)O. The molecule has 0 aromatic rings. The van der Waals surface area contributed by atoms with Crippen LogP contribution in [0.1, 0.15) is 131 Å². The third kappa shape index (κ3) is 11.4. The number of hydrogen-bond acceptors (Lipinski definition) is 7. The number of aliphatic hydroxyl groups excluding tert-OH is 1. The third-order valence-corrected chi connectivity index (χ3v) is 10.5. The highest BCUT2D eigenvalue weighted by Crippen LogP contribution is 2.29. The normalized spacial score (nSPS) is 22.5. The van der Waals surface area contributed by atoms with E-state index >= 15 is 0 Å². The van der Waals surface area contributed by atoms with E-state index in [0.29, 0.717) is 57.7 Å². The number of piperidine rings is 1. The zero-order valence-electron chi connectivity index (χ0n) is 31.4. The molecular formula is C37H64N6O7. The van der Waals surface area contributed by atoms with Gasteiger partial charge in [0.05, 0.1) is 6.10 Å². The Balaban J connectivity index is 1.67. The Hall–Kier alpha value is -3.22. The smallest absolute Gasteiger partial charge is 0.246 e. The molecule has 2 saturated heterocycles. The van der Waals surface area contributed by atoms with E-state index in [4.69, 9.17) is 0 Å². The number of amides is 6. The summed E-state index contributed by atoms with van der Waals surface area (Å²) in [6.45, 7) is 11.9. The van der Waals surface area contributed by atoms with Gasteiger partial charge in [0.2, 0.25) is 35.4 Å². The van der Waals surface area contributed by atoms with Crippen LogP contribution in [0, 0.1) is 11.3 Å². The highest BCUT2D eigenvalue weighted by atomic mass is 16.3. The Morgan fingerprint density at radius 3 is 1.94 bits per heavy atom. The maximum atomic E-state index is 14.1. The van der Waals surface area contributed by atoms with Crippen molar-refractivity contribution in [2.75, 3.05) is 19.6 Å². The van der Waals surface area contributed by atoms with Crippen LogP contribution in [0.3, 0.4) is 0 Å². The first kappa shape index (κ1) is 41.2. The van der Waals surface area contributed by atoms with Crippen molar-refractivity contribution in [3.63, 3.8) is 0 Å². The largest absolute Gasteiger partial charge is 0.391 e. The first-order valence-corrected chi connectivity index (χ1v) is 19.2. The quantitative estimate of drug-likeness (QED) is 0.174. The second-order valence-corrected chi connectivity index (χ2v) is 15.6. The second-order valence-electron chi connectivity index (χ2n) is 15.6. The van der Waals surface area contributed by atoms with Gasteiger partial charge in [-0.05, 0) is 69.6 Å². The Kier molecular flexibility index (Phi) is 16.0. The summed E-state index contributed by atoms with van der Waals surface area (Å²) in [6.07, 6.45) is 9.83. The number of aliphatic hydroxyl groups is 1. The number of rotatable bonds is 15. The lowest BCUT2D eigenvalue weighted by Crippen LogP contribution is -2.62. The van der Waals surface area contributed by atoms with E-state index in [1.807, 2.05) is 27.7 Å². The molecule has 6 atom stereocenters. The molecule has 13 heteroatoms. The molecule has 1 saturated carbocycles. The van der Waals surface area contributed by atoms with Crippen molar-refractivity contribution in [1.82, 2.24) is 31.1 Å². The Bertz CT molecular complexity index is 1180. The molecule has 0 bridgehead atoms. The summed E-state index contributed by atoms with van der Waals surface area (Å²) < 4.78 is 0. The van der Waals surface area contributed by atoms with Crippen LogP contribution < -0.4 is 21.3 Å². The lowest BCUT2D eigenvalue weighted by Gasteiger charge is -2.41. The zero-order chi connectivity index (χ0) is 37.0. The summed E-state index contributed by atoms with van der Waals surface area (Å²) in [4.78, 5) is 83.9. The molecule has 6 amide bonds. The van der Waals surface area contributed by atoms with Crippen LogP contribution in [0.4, 0.5) is 0 Å². The summed E-state index contributed by atoms with van der Waals surface area (Å²) in [6, 6.07) is -4.55. The number of nitrogens with zero attached hydrogens (tertiary/aromatic N) is 2. The average Bonchev–Trinajstić information content (AvgIpc) is 3.59. The summed E-state index contributed by atoms with van der Waals surface area (Å²) >= 11 is 0. The lowest BCUT2D eigenvalue weighted by atomic mass is 9.84. The van der Waals surface area contributed by atoms with Gasteiger partial charge in [-0.25, -0.2) is 0 Å². The van der Waals surface area contributed by atoms with E-state index in [2.05, 4.69) is 21.3 Å². The van der Waals surface area contributed by atoms with Crippen molar-refractivity contribution in [3.8, 4) is 0 Å². The Labute approximate surface area is 298 Å². The molecule has 0 radical (unpaired) electrons. The molecule has 3 aliphatic rings. The molecule has 3 fully saturated rings. The van der Waals surface area contributed by atoms with Crippen molar-refractivity contribution in [2.45, 2.75) is 168 Å². The molecule has 0 aromatic heterocycles. The van der Waals surface area contributed by atoms with E-state index in [1.54, 1.807) is 11.8 Å². The monoisotopic (exact) mass is 704 g/mol. The predicted molar refractivity (Wildman–Crippen MR) is 190 cm³/mol. The van der Waals surface area contributed by atoms with Gasteiger partial charge in [-0.2, -0.15) is 0 Å². The maximum Gasteiger partial charge on any atom is 0.246 e. The molecule has 2 aliphatic heterocycles. The fourth-order valence-electron chi connectivity index (χ4n) is 7.45. The molecule has 1 aliphatic carbocycles. The van der Waals surface area contributed by atoms with E-state index < -0.39 is 65.4 Å². The van der Waals surface area contributed by atoms with Crippen molar-refractivity contribution in [2.24, 2.45) is 11.3 Å². The van der Waals surface area contributed by atoms with Crippen molar-refractivity contribution in [1.29, 1.82) is 0 Å². The number of hydrogen-bond donors (Lipinski definition) is 5. The van der Waals surface area contributed by atoms with Gasteiger partial charge >= 0.3 is 0 Å². The molecule has 0 aromatic carbocycles. The number of nitrogens with one attached hydrogen (secondary N) is 4. The summed E-state index contributed by atoms with van der Waals surface area (Å²) in [7, 11) is 0. The zero-order valence-corrected chi connectivity index (χ0v) is 31.4. The van der Waals surface area contributed by atoms with Gasteiger partial charge in [0.1, 0.15) is 30.2 Å². The average molecular weight is 705 g/mol. The van der Waals surface area contributed by atoms with Gasteiger partial charge in [-0.15, -0.1) is 0 Å². The van der Waals surface area contributed by atoms with Crippen molar-refractivity contribution >= 4 is 35.4 Å². The molecule has 0 unspecified atom stereocenters. The first-order valence-electron chi connectivity index (χ1n) is 19.2. The molecule has 0 spiro atoms. The van der Waals surface area contributed by atoms with Crippen molar-refractivity contribution in [3.05, 3.63) is 0 Å². The van der Waals surface area contributed by atoms with Gasteiger partial charge in [0, 0.05) is 26.1 Å². The Morgan fingerprint density at radius 1 is 0.760 bits per heavy atom. The molecular weight excluding hydrogens is 640 g/mol. The highest BCUT2D eigenvalue weighted by Gasteiger charge is 2.43. The highest BCUT2D eigenvalue weighted by molar-refractivity contribution is 5.97. The van der Waals surface area contributed by atoms with Gasteiger partial charge < -0.3 is 36.2 Å². The van der Waals surface area contributed by atoms with Crippen LogP contribution in [-0.2, 0) is 28.8 Å². The van der Waals surface area contributed by atoms with Gasteiger partial charge in [-0.1, -0.05) is 66.7 Å². The third-order valence-electron chi connectivity index (χ3n) is 10.5. The summed E-state index contributed by atoms with van der Waals surface area (Å²) in [5, 5.41) is 21.4. The number of likely N-dealkylation sites (tertiary alicyclic amines) is 2. The molecule has 13 nitrogen and oxygen atoms in total. The summed E-state index contributed by atoms with van der Waals surface area (Å²) in [5.74, 6) is -1.77. The molecule has 284 valence electrons. The predicted octanol–water partition coefficient (Wildman–Crippen LogP) is 2.54. The standard InChI is InChI=1S/C37H64N6O7/c1-7-21-38-34(48)30(24(3)44)41-33(47)28-18-14-23-42(28)35(49)26(8-2)39-32(46)27-17-12-13-22-43(27)36(50)31(37(4,5)6)40-29(45)20-19-25-15-10-9-11-16-25/h24-28,30-31,44H,7-23H2,1-6H3,(H,38,48)(H,39,46)(H,40,45)(H,41,47)/t24-,26+,27+,28+,30+,31-/m1/s1. The number of carbonyl (C=O) groups excluding carboxylic acids is 6. The minimum Gasteiger partial charge on any atom is -0.391 e. The Morgan fingerprint density at radius 2 is 1.34 bits per heavy atom. The minimum atomic E-state index is -1.17. The van der Waals surface area contributed by atoms with E-state index in [9.17, 15) is 33.9 Å². The fraction of sp³-hybridized carbons (Fsp3) is 0.838. The van der Waals surface area contributed by atoms with Crippen LogP contribution in [0.25, 0.3) is 0 Å². The topological polar surface area (TPSA) is 177 Å². The number of carbonyl (C=O) groups is 6. The molecule has 5 N–H and O–H groups in total. The van der Waals surface area contributed by atoms with Gasteiger partial charge in [-0.3, -0.25) is 28.8 Å². The van der Waals surface area contributed by atoms with Gasteiger partial charge in [0.25, 0.3) is 0 Å². The van der Waals surface area contributed by atoms with Crippen LogP contribution >= 0.6 is 0 Å². The van der Waals surface area contributed by atoms with Crippen LogP contribution in [0.5, 0.6) is 0 Å². The lowest BCUT2D eigenvalue weighted by molar-refractivity contribution is -0.148. The first-order chi connectivity index (χ1) is 23.7. The summed E-state index contributed by atoms with van der Waals surface area (Å²) in [5.41, 5.74) is -0.590. The van der Waals surface area contributed by atoms with E-state index in [0.717, 1.165) is 32.1 Å². The van der Waals surface area contributed by atoms with Crippen molar-refractivity contribution < 1.29 is 33.9 Å². The molecule has 3 rings (SSSR count). The minimum absolute atomic E-state index is 0.149. The van der Waals surface area contributed by atoms with Gasteiger partial charge in [0.15, 0.2) is 0 Å².